The number of carboxylic acid groups (broad SMARTS) is 1. The summed E-state index contributed by atoms with van der Waals surface area (Å²) in [5.74, 6) is -1.18. The SMILES string of the molecule is C=CCOC(=O)N1CCC(c2cc(C(=O)O)on2)CC1. The molecule has 0 radical (unpaired) electrons. The largest absolute Gasteiger partial charge is 0.475 e. The Balaban J connectivity index is 1.88. The lowest BCUT2D eigenvalue weighted by atomic mass is 9.93. The number of carbonyl (C=O) groups is 2. The first-order chi connectivity index (χ1) is 9.61. The predicted molar refractivity (Wildman–Crippen MR) is 68.6 cm³/mol. The molecule has 0 unspecified atom stereocenters. The van der Waals surface area contributed by atoms with Crippen LogP contribution in [0.15, 0.2) is 23.2 Å². The van der Waals surface area contributed by atoms with E-state index < -0.39 is 5.97 Å². The number of piperidine rings is 1. The van der Waals surface area contributed by atoms with Crippen molar-refractivity contribution in [1.29, 1.82) is 0 Å². The zero-order valence-corrected chi connectivity index (χ0v) is 10.9. The molecule has 20 heavy (non-hydrogen) atoms. The van der Waals surface area contributed by atoms with Gasteiger partial charge in [0, 0.05) is 25.1 Å². The average molecular weight is 280 g/mol. The quantitative estimate of drug-likeness (QED) is 0.846. The van der Waals surface area contributed by atoms with Crippen molar-refractivity contribution < 1.29 is 24.0 Å². The minimum absolute atomic E-state index is 0.107. The van der Waals surface area contributed by atoms with Crippen LogP contribution in [-0.4, -0.2) is 46.9 Å². The van der Waals surface area contributed by atoms with Gasteiger partial charge in [0.2, 0.25) is 5.76 Å². The zero-order valence-electron chi connectivity index (χ0n) is 10.9. The highest BCUT2D eigenvalue weighted by atomic mass is 16.6. The molecule has 0 spiro atoms. The molecule has 0 saturated carbocycles. The number of carboxylic acids is 1. The maximum atomic E-state index is 11.6. The second kappa shape index (κ2) is 6.23. The van der Waals surface area contributed by atoms with Crippen molar-refractivity contribution in [3.05, 3.63) is 30.2 Å². The van der Waals surface area contributed by atoms with Crippen molar-refractivity contribution in [2.24, 2.45) is 0 Å². The van der Waals surface area contributed by atoms with E-state index in [4.69, 9.17) is 14.4 Å². The van der Waals surface area contributed by atoms with Crippen molar-refractivity contribution in [3.63, 3.8) is 0 Å². The molecule has 108 valence electrons. The molecule has 7 nitrogen and oxygen atoms in total. The topological polar surface area (TPSA) is 92.9 Å². The fourth-order valence-electron chi connectivity index (χ4n) is 2.16. The van der Waals surface area contributed by atoms with E-state index in [2.05, 4.69) is 11.7 Å². The number of hydrogen-bond donors (Lipinski definition) is 1. The normalized spacial score (nSPS) is 15.9. The highest BCUT2D eigenvalue weighted by Gasteiger charge is 2.27. The molecule has 1 aliphatic heterocycles. The van der Waals surface area contributed by atoms with Crippen LogP contribution in [-0.2, 0) is 4.74 Å². The molecule has 1 aromatic rings. The van der Waals surface area contributed by atoms with Crippen LogP contribution >= 0.6 is 0 Å². The van der Waals surface area contributed by atoms with Crippen molar-refractivity contribution >= 4 is 12.1 Å². The number of rotatable bonds is 4. The van der Waals surface area contributed by atoms with Gasteiger partial charge in [0.15, 0.2) is 0 Å². The minimum Gasteiger partial charge on any atom is -0.475 e. The summed E-state index contributed by atoms with van der Waals surface area (Å²) in [6.07, 6.45) is 2.58. The highest BCUT2D eigenvalue weighted by Crippen LogP contribution is 2.27. The van der Waals surface area contributed by atoms with E-state index in [1.54, 1.807) is 4.90 Å². The van der Waals surface area contributed by atoms with Gasteiger partial charge in [-0.3, -0.25) is 0 Å². The summed E-state index contributed by atoms with van der Waals surface area (Å²) in [6, 6.07) is 1.44. The van der Waals surface area contributed by atoms with Gasteiger partial charge in [-0.2, -0.15) is 0 Å². The molecule has 0 atom stereocenters. The summed E-state index contributed by atoms with van der Waals surface area (Å²) in [5.41, 5.74) is 0.626. The summed E-state index contributed by atoms with van der Waals surface area (Å²) >= 11 is 0. The fourth-order valence-corrected chi connectivity index (χ4v) is 2.16. The van der Waals surface area contributed by atoms with Gasteiger partial charge in [-0.15, -0.1) is 0 Å². The van der Waals surface area contributed by atoms with Crippen molar-refractivity contribution in [3.8, 4) is 0 Å². The van der Waals surface area contributed by atoms with Crippen molar-refractivity contribution in [2.75, 3.05) is 19.7 Å². The highest BCUT2D eigenvalue weighted by molar-refractivity contribution is 5.84. The van der Waals surface area contributed by atoms with Crippen molar-refractivity contribution in [1.82, 2.24) is 10.1 Å². The number of amides is 1. The van der Waals surface area contributed by atoms with Crippen LogP contribution in [0.3, 0.4) is 0 Å². The first-order valence-electron chi connectivity index (χ1n) is 6.34. The standard InChI is InChI=1S/C13H16N2O5/c1-2-7-19-13(18)15-5-3-9(4-6-15)10-8-11(12(16)17)20-14-10/h2,8-9H,1,3-7H2,(H,16,17). The molecule has 1 saturated heterocycles. The zero-order chi connectivity index (χ0) is 14.5. The number of aromatic nitrogens is 1. The molecule has 2 heterocycles. The van der Waals surface area contributed by atoms with Gasteiger partial charge in [0.25, 0.3) is 0 Å². The van der Waals surface area contributed by atoms with Gasteiger partial charge in [0.05, 0.1) is 5.69 Å². The Morgan fingerprint density at radius 3 is 2.80 bits per heavy atom. The monoisotopic (exact) mass is 280 g/mol. The van der Waals surface area contributed by atoms with Gasteiger partial charge in [-0.25, -0.2) is 9.59 Å². The lowest BCUT2D eigenvalue weighted by Crippen LogP contribution is -2.38. The van der Waals surface area contributed by atoms with E-state index in [0.29, 0.717) is 31.6 Å². The predicted octanol–water partition coefficient (Wildman–Crippen LogP) is 1.87. The Morgan fingerprint density at radius 2 is 2.25 bits per heavy atom. The lowest BCUT2D eigenvalue weighted by molar-refractivity contribution is 0.0651. The molecule has 0 bridgehead atoms. The van der Waals surface area contributed by atoms with Gasteiger partial charge in [-0.05, 0) is 12.8 Å². The molecule has 1 aliphatic rings. The van der Waals surface area contributed by atoms with Crippen molar-refractivity contribution in [2.45, 2.75) is 18.8 Å². The van der Waals surface area contributed by atoms with Crippen LogP contribution in [0.5, 0.6) is 0 Å². The Morgan fingerprint density at radius 1 is 1.55 bits per heavy atom. The molecule has 0 aromatic carbocycles. The Labute approximate surface area is 115 Å². The Bertz CT molecular complexity index is 503. The third-order valence-corrected chi connectivity index (χ3v) is 3.24. The van der Waals surface area contributed by atoms with Gasteiger partial charge in [0.1, 0.15) is 6.61 Å². The van der Waals surface area contributed by atoms with Gasteiger partial charge in [-0.1, -0.05) is 17.8 Å². The van der Waals surface area contributed by atoms with Gasteiger partial charge >= 0.3 is 12.1 Å². The second-order valence-electron chi connectivity index (χ2n) is 4.55. The molecule has 0 aliphatic carbocycles. The summed E-state index contributed by atoms with van der Waals surface area (Å²) in [6.45, 7) is 4.79. The molecule has 1 fully saturated rings. The first-order valence-corrected chi connectivity index (χ1v) is 6.34. The number of likely N-dealkylation sites (tertiary alicyclic amines) is 1. The third kappa shape index (κ3) is 3.17. The minimum atomic E-state index is -1.13. The maximum Gasteiger partial charge on any atom is 0.410 e. The van der Waals surface area contributed by atoms with Gasteiger partial charge < -0.3 is 19.3 Å². The second-order valence-corrected chi connectivity index (χ2v) is 4.55. The van der Waals surface area contributed by atoms with E-state index in [1.165, 1.54) is 12.1 Å². The molecular formula is C13H16N2O5. The molecule has 1 amide bonds. The molecule has 2 rings (SSSR count). The van der Waals surface area contributed by atoms with Crippen LogP contribution in [0.25, 0.3) is 0 Å². The van der Waals surface area contributed by atoms with E-state index in [1.807, 2.05) is 0 Å². The van der Waals surface area contributed by atoms with Crippen LogP contribution in [0, 0.1) is 0 Å². The smallest absolute Gasteiger partial charge is 0.410 e. The van der Waals surface area contributed by atoms with Crippen LogP contribution in [0.1, 0.15) is 35.0 Å². The van der Waals surface area contributed by atoms with E-state index in [9.17, 15) is 9.59 Å². The first kappa shape index (κ1) is 14.1. The summed E-state index contributed by atoms with van der Waals surface area (Å²) < 4.78 is 9.71. The van der Waals surface area contributed by atoms with E-state index in [-0.39, 0.29) is 24.4 Å². The van der Waals surface area contributed by atoms with Crippen LogP contribution in [0.4, 0.5) is 4.79 Å². The molecule has 1 N–H and O–H groups in total. The molecular weight excluding hydrogens is 264 g/mol. The lowest BCUT2D eigenvalue weighted by Gasteiger charge is -2.30. The number of carbonyl (C=O) groups excluding carboxylic acids is 1. The summed E-state index contributed by atoms with van der Waals surface area (Å²) in [4.78, 5) is 24.0. The van der Waals surface area contributed by atoms with E-state index in [0.717, 1.165) is 0 Å². The van der Waals surface area contributed by atoms with Crippen LogP contribution in [0.2, 0.25) is 0 Å². The van der Waals surface area contributed by atoms with Crippen LogP contribution < -0.4 is 0 Å². The third-order valence-electron chi connectivity index (χ3n) is 3.24. The Kier molecular flexibility index (Phi) is 4.39. The molecule has 7 heteroatoms. The molecule has 1 aromatic heterocycles. The Hall–Kier alpha value is -2.31. The number of aromatic carboxylic acids is 1. The average Bonchev–Trinajstić information content (AvgIpc) is 2.95. The number of ether oxygens (including phenoxy) is 1. The van der Waals surface area contributed by atoms with E-state index >= 15 is 0 Å². The fraction of sp³-hybridized carbons (Fsp3) is 0.462. The summed E-state index contributed by atoms with van der Waals surface area (Å²) in [5, 5.41) is 12.6. The summed E-state index contributed by atoms with van der Waals surface area (Å²) in [7, 11) is 0. The number of hydrogen-bond acceptors (Lipinski definition) is 5. The number of nitrogens with zero attached hydrogens (tertiary/aromatic N) is 2. The maximum absolute atomic E-state index is 11.6.